The highest BCUT2D eigenvalue weighted by Gasteiger charge is 2.41. The lowest BCUT2D eigenvalue weighted by Crippen LogP contribution is -2.41. The Balaban J connectivity index is 1.52. The number of hydrogen-bond acceptors (Lipinski definition) is 4. The number of nitrogens with zero attached hydrogens (tertiary/aromatic N) is 1. The summed E-state index contributed by atoms with van der Waals surface area (Å²) in [6, 6.07) is 7.20. The van der Waals surface area contributed by atoms with Crippen LogP contribution in [-0.4, -0.2) is 52.4 Å². The normalized spacial score (nSPS) is 22.8. The quantitative estimate of drug-likeness (QED) is 0.835. The molecule has 1 aromatic rings. The summed E-state index contributed by atoms with van der Waals surface area (Å²) >= 11 is 1.87. The zero-order valence-corrected chi connectivity index (χ0v) is 14.8. The van der Waals surface area contributed by atoms with E-state index >= 15 is 0 Å². The molecule has 6 nitrogen and oxygen atoms in total. The van der Waals surface area contributed by atoms with Crippen LogP contribution in [0.15, 0.2) is 24.3 Å². The second-order valence-corrected chi connectivity index (χ2v) is 7.71. The fourth-order valence-electron chi connectivity index (χ4n) is 3.15. The number of amides is 2. The van der Waals surface area contributed by atoms with Gasteiger partial charge in [-0.3, -0.25) is 14.4 Å². The molecule has 1 aliphatic carbocycles. The fourth-order valence-corrected chi connectivity index (χ4v) is 4.05. The molecule has 2 unspecified atom stereocenters. The second-order valence-electron chi connectivity index (χ2n) is 6.48. The Morgan fingerprint density at radius 1 is 1.08 bits per heavy atom. The van der Waals surface area contributed by atoms with Crippen LogP contribution in [0.1, 0.15) is 18.4 Å². The molecular formula is C18H22N2O4S. The third-order valence-corrected chi connectivity index (χ3v) is 5.81. The zero-order valence-electron chi connectivity index (χ0n) is 13.9. The van der Waals surface area contributed by atoms with Crippen molar-refractivity contribution in [3.63, 3.8) is 0 Å². The summed E-state index contributed by atoms with van der Waals surface area (Å²) < 4.78 is 0. The van der Waals surface area contributed by atoms with E-state index in [0.717, 1.165) is 30.2 Å². The van der Waals surface area contributed by atoms with Gasteiger partial charge in [0, 0.05) is 30.3 Å². The number of aliphatic carboxylic acids is 1. The molecule has 1 heterocycles. The van der Waals surface area contributed by atoms with Gasteiger partial charge >= 0.3 is 5.97 Å². The van der Waals surface area contributed by atoms with Crippen LogP contribution >= 0.6 is 11.8 Å². The van der Waals surface area contributed by atoms with E-state index < -0.39 is 17.8 Å². The first-order chi connectivity index (χ1) is 12.0. The molecule has 134 valence electrons. The molecule has 1 saturated carbocycles. The number of anilines is 1. The van der Waals surface area contributed by atoms with Gasteiger partial charge in [0.2, 0.25) is 11.8 Å². The Bertz CT molecular complexity index is 656. The molecule has 2 fully saturated rings. The molecule has 2 aliphatic rings. The third-order valence-electron chi connectivity index (χ3n) is 4.87. The highest BCUT2D eigenvalue weighted by molar-refractivity contribution is 7.99. The first-order valence-corrected chi connectivity index (χ1v) is 9.68. The summed E-state index contributed by atoms with van der Waals surface area (Å²) in [7, 11) is 0. The average Bonchev–Trinajstić information content (AvgIpc) is 2.56. The molecule has 25 heavy (non-hydrogen) atoms. The Hall–Kier alpha value is -2.02. The highest BCUT2D eigenvalue weighted by atomic mass is 32.2. The number of carbonyl (C=O) groups is 3. The maximum Gasteiger partial charge on any atom is 0.307 e. The van der Waals surface area contributed by atoms with Gasteiger partial charge in [-0.25, -0.2) is 0 Å². The third kappa shape index (κ3) is 4.34. The molecular weight excluding hydrogens is 340 g/mol. The van der Waals surface area contributed by atoms with Crippen molar-refractivity contribution >= 4 is 35.2 Å². The standard InChI is InChI=1S/C18H22N2O4S/c21-16(20-7-9-25-10-8-20)11-12-1-3-13(4-2-12)19-17(22)14-5-6-15(14)18(23)24/h1-4,14-15H,5-11H2,(H,19,22)(H,23,24). The van der Waals surface area contributed by atoms with Gasteiger partial charge in [0.15, 0.2) is 0 Å². The zero-order chi connectivity index (χ0) is 17.8. The number of carboxylic acid groups (broad SMARTS) is 1. The van der Waals surface area contributed by atoms with E-state index in [4.69, 9.17) is 5.11 Å². The Labute approximate surface area is 151 Å². The summed E-state index contributed by atoms with van der Waals surface area (Å²) in [6.07, 6.45) is 1.54. The molecule has 2 amide bonds. The monoisotopic (exact) mass is 362 g/mol. The van der Waals surface area contributed by atoms with Gasteiger partial charge in [-0.15, -0.1) is 0 Å². The molecule has 0 bridgehead atoms. The van der Waals surface area contributed by atoms with Gasteiger partial charge < -0.3 is 15.3 Å². The SMILES string of the molecule is O=C(O)C1CCC1C(=O)Nc1ccc(CC(=O)N2CCSCC2)cc1. The lowest BCUT2D eigenvalue weighted by atomic mass is 9.73. The van der Waals surface area contributed by atoms with Gasteiger partial charge in [-0.2, -0.15) is 11.8 Å². The van der Waals surface area contributed by atoms with E-state index in [9.17, 15) is 14.4 Å². The van der Waals surface area contributed by atoms with E-state index in [0.29, 0.717) is 24.9 Å². The Morgan fingerprint density at radius 3 is 2.28 bits per heavy atom. The molecule has 0 aromatic heterocycles. The summed E-state index contributed by atoms with van der Waals surface area (Å²) in [4.78, 5) is 37.3. The van der Waals surface area contributed by atoms with Crippen molar-refractivity contribution < 1.29 is 19.5 Å². The number of carboxylic acids is 1. The van der Waals surface area contributed by atoms with Crippen molar-refractivity contribution in [1.29, 1.82) is 0 Å². The lowest BCUT2D eigenvalue weighted by Gasteiger charge is -2.31. The van der Waals surface area contributed by atoms with Crippen LogP contribution in [0, 0.1) is 11.8 Å². The topological polar surface area (TPSA) is 86.7 Å². The highest BCUT2D eigenvalue weighted by Crippen LogP contribution is 2.35. The van der Waals surface area contributed by atoms with Gasteiger partial charge in [-0.1, -0.05) is 12.1 Å². The molecule has 2 atom stereocenters. The molecule has 1 aliphatic heterocycles. The van der Waals surface area contributed by atoms with E-state index in [1.807, 2.05) is 28.8 Å². The van der Waals surface area contributed by atoms with Crippen molar-refractivity contribution in [2.24, 2.45) is 11.8 Å². The molecule has 3 rings (SSSR count). The number of nitrogens with one attached hydrogen (secondary N) is 1. The Morgan fingerprint density at radius 2 is 1.72 bits per heavy atom. The minimum Gasteiger partial charge on any atom is -0.481 e. The molecule has 1 aromatic carbocycles. The summed E-state index contributed by atoms with van der Waals surface area (Å²) in [5.74, 6) is -0.0411. The first kappa shape index (κ1) is 17.8. The van der Waals surface area contributed by atoms with Crippen LogP contribution in [0.25, 0.3) is 0 Å². The van der Waals surface area contributed by atoms with Crippen molar-refractivity contribution in [2.45, 2.75) is 19.3 Å². The van der Waals surface area contributed by atoms with E-state index in [-0.39, 0.29) is 11.8 Å². The molecule has 0 spiro atoms. The predicted octanol–water partition coefficient (Wildman–Crippen LogP) is 1.85. The van der Waals surface area contributed by atoms with Crippen LogP contribution in [0.4, 0.5) is 5.69 Å². The van der Waals surface area contributed by atoms with E-state index in [1.165, 1.54) is 0 Å². The summed E-state index contributed by atoms with van der Waals surface area (Å²) in [5.41, 5.74) is 1.54. The summed E-state index contributed by atoms with van der Waals surface area (Å²) in [5, 5.41) is 11.8. The van der Waals surface area contributed by atoms with Crippen LogP contribution in [-0.2, 0) is 20.8 Å². The van der Waals surface area contributed by atoms with Gasteiger partial charge in [-0.05, 0) is 30.5 Å². The lowest BCUT2D eigenvalue weighted by molar-refractivity contribution is -0.151. The molecule has 2 N–H and O–H groups in total. The van der Waals surface area contributed by atoms with Gasteiger partial charge in [0.25, 0.3) is 0 Å². The number of carbonyl (C=O) groups excluding carboxylic acids is 2. The molecule has 1 saturated heterocycles. The van der Waals surface area contributed by atoms with Crippen LogP contribution in [0.2, 0.25) is 0 Å². The summed E-state index contributed by atoms with van der Waals surface area (Å²) in [6.45, 7) is 1.62. The van der Waals surface area contributed by atoms with Crippen molar-refractivity contribution in [3.8, 4) is 0 Å². The minimum absolute atomic E-state index is 0.135. The Kier molecular flexibility index (Phi) is 5.63. The van der Waals surface area contributed by atoms with Crippen molar-refractivity contribution in [1.82, 2.24) is 4.90 Å². The number of hydrogen-bond donors (Lipinski definition) is 2. The minimum atomic E-state index is -0.906. The van der Waals surface area contributed by atoms with Crippen LogP contribution in [0.5, 0.6) is 0 Å². The largest absolute Gasteiger partial charge is 0.481 e. The number of thioether (sulfide) groups is 1. The maximum absolute atomic E-state index is 12.3. The molecule has 7 heteroatoms. The van der Waals surface area contributed by atoms with Gasteiger partial charge in [0.1, 0.15) is 0 Å². The van der Waals surface area contributed by atoms with E-state index in [1.54, 1.807) is 12.1 Å². The predicted molar refractivity (Wildman–Crippen MR) is 96.5 cm³/mol. The number of benzene rings is 1. The second kappa shape index (κ2) is 7.91. The molecule has 0 radical (unpaired) electrons. The first-order valence-electron chi connectivity index (χ1n) is 8.53. The van der Waals surface area contributed by atoms with E-state index in [2.05, 4.69) is 5.32 Å². The average molecular weight is 362 g/mol. The van der Waals surface area contributed by atoms with Crippen LogP contribution in [0.3, 0.4) is 0 Å². The van der Waals surface area contributed by atoms with Crippen molar-refractivity contribution in [3.05, 3.63) is 29.8 Å². The maximum atomic E-state index is 12.3. The number of rotatable bonds is 5. The van der Waals surface area contributed by atoms with Gasteiger partial charge in [0.05, 0.1) is 18.3 Å². The smallest absolute Gasteiger partial charge is 0.307 e. The van der Waals surface area contributed by atoms with Crippen LogP contribution < -0.4 is 5.32 Å². The van der Waals surface area contributed by atoms with Crippen molar-refractivity contribution in [2.75, 3.05) is 29.9 Å². The fraction of sp³-hybridized carbons (Fsp3) is 0.500.